The standard InChI is InChI=1S/C17H21BrN2OS/c1-10(2)15(14-6-5-7-22-14)19-17(21)20-16-11(3)8-13(18)9-12(16)4/h5-10,15H,1-4H3,(H2,19,20,21). The average molecular weight is 381 g/mol. The quantitative estimate of drug-likeness (QED) is 0.706. The van der Waals surface area contributed by atoms with Crippen LogP contribution < -0.4 is 10.6 Å². The molecule has 22 heavy (non-hydrogen) atoms. The molecule has 0 spiro atoms. The van der Waals surface area contributed by atoms with E-state index >= 15 is 0 Å². The number of carbonyl (C=O) groups excluding carboxylic acids is 1. The first kappa shape index (κ1) is 17.0. The number of halogens is 1. The third-order valence-electron chi connectivity index (χ3n) is 3.54. The summed E-state index contributed by atoms with van der Waals surface area (Å²) in [4.78, 5) is 13.6. The van der Waals surface area contributed by atoms with E-state index in [1.54, 1.807) is 11.3 Å². The van der Waals surface area contributed by atoms with E-state index in [0.29, 0.717) is 5.92 Å². The van der Waals surface area contributed by atoms with Crippen molar-refractivity contribution in [2.75, 3.05) is 5.32 Å². The topological polar surface area (TPSA) is 41.1 Å². The summed E-state index contributed by atoms with van der Waals surface area (Å²) in [5.41, 5.74) is 2.95. The predicted molar refractivity (Wildman–Crippen MR) is 97.7 cm³/mol. The van der Waals surface area contributed by atoms with Gasteiger partial charge in [0.25, 0.3) is 0 Å². The Kier molecular flexibility index (Phi) is 5.64. The molecule has 2 amide bonds. The zero-order valence-electron chi connectivity index (χ0n) is 13.2. The number of hydrogen-bond donors (Lipinski definition) is 2. The van der Waals surface area contributed by atoms with Crippen molar-refractivity contribution >= 4 is 39.0 Å². The summed E-state index contributed by atoms with van der Waals surface area (Å²) in [5.74, 6) is 0.330. The molecule has 2 aromatic rings. The van der Waals surface area contributed by atoms with Crippen LogP contribution in [0.1, 0.15) is 35.9 Å². The summed E-state index contributed by atoms with van der Waals surface area (Å²) >= 11 is 5.14. The van der Waals surface area contributed by atoms with Gasteiger partial charge in [0.2, 0.25) is 0 Å². The fourth-order valence-electron chi connectivity index (χ4n) is 2.43. The van der Waals surface area contributed by atoms with Gasteiger partial charge in [0.15, 0.2) is 0 Å². The van der Waals surface area contributed by atoms with E-state index in [-0.39, 0.29) is 12.1 Å². The van der Waals surface area contributed by atoms with Crippen molar-refractivity contribution in [2.24, 2.45) is 5.92 Å². The summed E-state index contributed by atoms with van der Waals surface area (Å²) < 4.78 is 1.02. The van der Waals surface area contributed by atoms with Crippen molar-refractivity contribution in [3.63, 3.8) is 0 Å². The maximum Gasteiger partial charge on any atom is 0.319 e. The number of hydrogen-bond acceptors (Lipinski definition) is 2. The number of aryl methyl sites for hydroxylation is 2. The number of anilines is 1. The first-order valence-corrected chi connectivity index (χ1v) is 8.93. The van der Waals surface area contributed by atoms with Crippen LogP contribution in [0, 0.1) is 19.8 Å². The molecule has 0 bridgehead atoms. The Balaban J connectivity index is 2.12. The minimum absolute atomic E-state index is 0.0241. The highest BCUT2D eigenvalue weighted by atomic mass is 79.9. The summed E-state index contributed by atoms with van der Waals surface area (Å²) in [5, 5.41) is 8.11. The van der Waals surface area contributed by atoms with Crippen molar-refractivity contribution in [1.82, 2.24) is 5.32 Å². The van der Waals surface area contributed by atoms with Crippen LogP contribution in [-0.2, 0) is 0 Å². The van der Waals surface area contributed by atoms with Crippen LogP contribution in [0.25, 0.3) is 0 Å². The zero-order chi connectivity index (χ0) is 16.3. The lowest BCUT2D eigenvalue weighted by atomic mass is 10.0. The van der Waals surface area contributed by atoms with Gasteiger partial charge >= 0.3 is 6.03 Å². The Bertz CT molecular complexity index is 630. The molecule has 1 aromatic carbocycles. The minimum atomic E-state index is -0.166. The number of nitrogens with one attached hydrogen (secondary N) is 2. The maximum atomic E-state index is 12.4. The first-order valence-electron chi connectivity index (χ1n) is 7.26. The number of amides is 2. The summed E-state index contributed by atoms with van der Waals surface area (Å²) in [6.07, 6.45) is 0. The van der Waals surface area contributed by atoms with Gasteiger partial charge in [-0.3, -0.25) is 0 Å². The van der Waals surface area contributed by atoms with Crippen molar-refractivity contribution in [3.8, 4) is 0 Å². The number of carbonyl (C=O) groups is 1. The molecule has 1 unspecified atom stereocenters. The Morgan fingerprint density at radius 1 is 1.23 bits per heavy atom. The average Bonchev–Trinajstić information content (AvgIpc) is 2.93. The number of thiophene rings is 1. The Morgan fingerprint density at radius 3 is 2.36 bits per heavy atom. The number of urea groups is 1. The zero-order valence-corrected chi connectivity index (χ0v) is 15.6. The van der Waals surface area contributed by atoms with Gasteiger partial charge in [0, 0.05) is 15.0 Å². The summed E-state index contributed by atoms with van der Waals surface area (Å²) in [6.45, 7) is 8.21. The molecule has 0 aliphatic heterocycles. The fourth-order valence-corrected chi connectivity index (χ4v) is 4.07. The molecular weight excluding hydrogens is 360 g/mol. The Labute approximate surface area is 144 Å². The van der Waals surface area contributed by atoms with Gasteiger partial charge < -0.3 is 10.6 Å². The largest absolute Gasteiger partial charge is 0.330 e. The summed E-state index contributed by atoms with van der Waals surface area (Å²) in [6, 6.07) is 7.93. The van der Waals surface area contributed by atoms with Crippen LogP contribution in [0.3, 0.4) is 0 Å². The highest BCUT2D eigenvalue weighted by Crippen LogP contribution is 2.27. The van der Waals surface area contributed by atoms with E-state index in [1.165, 1.54) is 4.88 Å². The van der Waals surface area contributed by atoms with Gasteiger partial charge in [0.1, 0.15) is 0 Å². The molecule has 0 saturated carbocycles. The van der Waals surface area contributed by atoms with Gasteiger partial charge in [-0.1, -0.05) is 35.8 Å². The van der Waals surface area contributed by atoms with E-state index in [2.05, 4.69) is 46.5 Å². The van der Waals surface area contributed by atoms with Crippen LogP contribution in [0.5, 0.6) is 0 Å². The normalized spacial score (nSPS) is 12.3. The molecule has 0 fully saturated rings. The van der Waals surface area contributed by atoms with Crippen LogP contribution in [0.4, 0.5) is 10.5 Å². The Morgan fingerprint density at radius 2 is 1.86 bits per heavy atom. The second-order valence-electron chi connectivity index (χ2n) is 5.75. The monoisotopic (exact) mass is 380 g/mol. The van der Waals surface area contributed by atoms with Crippen LogP contribution in [0.2, 0.25) is 0 Å². The van der Waals surface area contributed by atoms with Crippen molar-refractivity contribution in [1.29, 1.82) is 0 Å². The number of benzene rings is 1. The molecule has 3 nitrogen and oxygen atoms in total. The molecule has 118 valence electrons. The van der Waals surface area contributed by atoms with E-state index in [1.807, 2.05) is 37.4 Å². The second kappa shape index (κ2) is 7.29. The molecule has 1 heterocycles. The summed E-state index contributed by atoms with van der Waals surface area (Å²) in [7, 11) is 0. The van der Waals surface area contributed by atoms with Crippen molar-refractivity contribution < 1.29 is 4.79 Å². The third-order valence-corrected chi connectivity index (χ3v) is 4.95. The highest BCUT2D eigenvalue weighted by Gasteiger charge is 2.19. The molecule has 1 atom stereocenters. The van der Waals surface area contributed by atoms with Crippen LogP contribution in [0.15, 0.2) is 34.1 Å². The molecular formula is C17H21BrN2OS. The molecule has 0 aliphatic carbocycles. The molecule has 1 aromatic heterocycles. The van der Waals surface area contributed by atoms with E-state index in [4.69, 9.17) is 0 Å². The molecule has 2 rings (SSSR count). The molecule has 5 heteroatoms. The van der Waals surface area contributed by atoms with E-state index < -0.39 is 0 Å². The van der Waals surface area contributed by atoms with Crippen molar-refractivity contribution in [2.45, 2.75) is 33.7 Å². The molecule has 0 radical (unpaired) electrons. The highest BCUT2D eigenvalue weighted by molar-refractivity contribution is 9.10. The van der Waals surface area contributed by atoms with Gasteiger partial charge in [0.05, 0.1) is 6.04 Å². The molecule has 0 saturated heterocycles. The van der Waals surface area contributed by atoms with Crippen molar-refractivity contribution in [3.05, 3.63) is 50.1 Å². The molecule has 0 aliphatic rings. The third kappa shape index (κ3) is 4.11. The molecule has 2 N–H and O–H groups in total. The lowest BCUT2D eigenvalue weighted by Crippen LogP contribution is -2.35. The second-order valence-corrected chi connectivity index (χ2v) is 7.65. The minimum Gasteiger partial charge on any atom is -0.330 e. The van der Waals surface area contributed by atoms with E-state index in [9.17, 15) is 4.79 Å². The fraction of sp³-hybridized carbons (Fsp3) is 0.353. The Hall–Kier alpha value is -1.33. The lowest BCUT2D eigenvalue weighted by molar-refractivity contribution is 0.245. The maximum absolute atomic E-state index is 12.4. The van der Waals surface area contributed by atoms with Gasteiger partial charge in [-0.15, -0.1) is 11.3 Å². The smallest absolute Gasteiger partial charge is 0.319 e. The number of rotatable bonds is 4. The van der Waals surface area contributed by atoms with Gasteiger partial charge in [-0.25, -0.2) is 4.79 Å². The van der Waals surface area contributed by atoms with Gasteiger partial charge in [-0.2, -0.15) is 0 Å². The van der Waals surface area contributed by atoms with Crippen LogP contribution in [-0.4, -0.2) is 6.03 Å². The van der Waals surface area contributed by atoms with Gasteiger partial charge in [-0.05, 0) is 54.5 Å². The van der Waals surface area contributed by atoms with E-state index in [0.717, 1.165) is 21.3 Å². The predicted octanol–water partition coefficient (Wildman–Crippen LogP) is 5.65. The van der Waals surface area contributed by atoms with Crippen LogP contribution >= 0.6 is 27.3 Å². The first-order chi connectivity index (χ1) is 10.4. The lowest BCUT2D eigenvalue weighted by Gasteiger charge is -2.22. The SMILES string of the molecule is Cc1cc(Br)cc(C)c1NC(=O)NC(c1cccs1)C(C)C.